The van der Waals surface area contributed by atoms with E-state index in [1.54, 1.807) is 0 Å². The summed E-state index contributed by atoms with van der Waals surface area (Å²) in [5.41, 5.74) is -0.0988. The van der Waals surface area contributed by atoms with Gasteiger partial charge in [-0.25, -0.2) is 0 Å². The fourth-order valence-electron chi connectivity index (χ4n) is 1.50. The Morgan fingerprint density at radius 3 is 2.08 bits per heavy atom. The Morgan fingerprint density at radius 2 is 1.77 bits per heavy atom. The van der Waals surface area contributed by atoms with Gasteiger partial charge < -0.3 is 10.4 Å². The van der Waals surface area contributed by atoms with Gasteiger partial charge in [-0.1, -0.05) is 27.7 Å². The van der Waals surface area contributed by atoms with Crippen molar-refractivity contribution in [2.24, 2.45) is 5.92 Å². The topological polar surface area (TPSA) is 32.3 Å². The van der Waals surface area contributed by atoms with E-state index in [4.69, 9.17) is 0 Å². The first-order valence-corrected chi connectivity index (χ1v) is 5.28. The molecule has 0 aliphatic heterocycles. The zero-order valence-electron chi connectivity index (χ0n) is 9.72. The average Bonchev–Trinajstić information content (AvgIpc) is 2.00. The fourth-order valence-corrected chi connectivity index (χ4v) is 1.50. The minimum atomic E-state index is -0.0988. The quantitative estimate of drug-likeness (QED) is 0.668. The van der Waals surface area contributed by atoms with Gasteiger partial charge in [-0.15, -0.1) is 0 Å². The highest BCUT2D eigenvalue weighted by atomic mass is 16.3. The van der Waals surface area contributed by atoms with E-state index in [0.717, 1.165) is 12.8 Å². The first-order chi connectivity index (χ1) is 5.89. The minimum absolute atomic E-state index is 0.0988. The third-order valence-corrected chi connectivity index (χ3v) is 2.26. The molecular weight excluding hydrogens is 162 g/mol. The van der Waals surface area contributed by atoms with E-state index in [2.05, 4.69) is 39.9 Å². The Bertz CT molecular complexity index is 134. The lowest BCUT2D eigenvalue weighted by molar-refractivity contribution is 0.151. The maximum absolute atomic E-state index is 9.28. The molecular formula is C11H25NO. The summed E-state index contributed by atoms with van der Waals surface area (Å²) in [6.07, 6.45) is 2.20. The van der Waals surface area contributed by atoms with Crippen molar-refractivity contribution in [1.82, 2.24) is 5.32 Å². The summed E-state index contributed by atoms with van der Waals surface area (Å²) in [5, 5.41) is 12.7. The third-order valence-electron chi connectivity index (χ3n) is 2.26. The van der Waals surface area contributed by atoms with Gasteiger partial charge in [-0.2, -0.15) is 0 Å². The number of aliphatic hydroxyl groups excluding tert-OH is 1. The highest BCUT2D eigenvalue weighted by Gasteiger charge is 2.23. The molecule has 0 aliphatic carbocycles. The van der Waals surface area contributed by atoms with Gasteiger partial charge in [0.15, 0.2) is 0 Å². The molecule has 0 spiro atoms. The van der Waals surface area contributed by atoms with Crippen LogP contribution in [0.25, 0.3) is 0 Å². The summed E-state index contributed by atoms with van der Waals surface area (Å²) >= 11 is 0. The molecule has 0 aromatic carbocycles. The molecule has 1 atom stereocenters. The van der Waals surface area contributed by atoms with Crippen molar-refractivity contribution in [3.8, 4) is 0 Å². The molecule has 0 aromatic heterocycles. The maximum Gasteiger partial charge on any atom is 0.0610 e. The zero-order chi connectivity index (χ0) is 10.5. The monoisotopic (exact) mass is 187 g/mol. The van der Waals surface area contributed by atoms with Crippen molar-refractivity contribution in [2.75, 3.05) is 6.61 Å². The number of hydrogen-bond donors (Lipinski definition) is 2. The van der Waals surface area contributed by atoms with Crippen LogP contribution in [-0.4, -0.2) is 23.3 Å². The standard InChI is InChI=1S/C11H25NO/c1-9(2)6-7-11(5,8-13)12-10(3)4/h9-10,12-13H,6-8H2,1-5H3. The highest BCUT2D eigenvalue weighted by Crippen LogP contribution is 2.16. The van der Waals surface area contributed by atoms with Crippen molar-refractivity contribution in [3.05, 3.63) is 0 Å². The average molecular weight is 187 g/mol. The summed E-state index contributed by atoms with van der Waals surface area (Å²) in [4.78, 5) is 0. The van der Waals surface area contributed by atoms with Crippen molar-refractivity contribution in [2.45, 2.75) is 59.0 Å². The molecule has 0 heterocycles. The van der Waals surface area contributed by atoms with E-state index >= 15 is 0 Å². The van der Waals surface area contributed by atoms with Crippen LogP contribution >= 0.6 is 0 Å². The molecule has 0 radical (unpaired) electrons. The molecule has 0 fully saturated rings. The molecule has 2 heteroatoms. The molecule has 13 heavy (non-hydrogen) atoms. The van der Waals surface area contributed by atoms with Crippen LogP contribution in [0.5, 0.6) is 0 Å². The SMILES string of the molecule is CC(C)CCC(C)(CO)NC(C)C. The van der Waals surface area contributed by atoms with Crippen molar-refractivity contribution < 1.29 is 5.11 Å². The highest BCUT2D eigenvalue weighted by molar-refractivity contribution is 4.83. The number of aliphatic hydroxyl groups is 1. The van der Waals surface area contributed by atoms with Gasteiger partial charge in [-0.3, -0.25) is 0 Å². The van der Waals surface area contributed by atoms with Crippen molar-refractivity contribution in [3.63, 3.8) is 0 Å². The Labute approximate surface area is 82.7 Å². The molecule has 0 bridgehead atoms. The van der Waals surface area contributed by atoms with Crippen LogP contribution in [0.4, 0.5) is 0 Å². The predicted octanol–water partition coefficient (Wildman–Crippen LogP) is 2.17. The van der Waals surface area contributed by atoms with Gasteiger partial charge >= 0.3 is 0 Å². The van der Waals surface area contributed by atoms with Crippen LogP contribution in [0.2, 0.25) is 0 Å². The van der Waals surface area contributed by atoms with Crippen LogP contribution in [0, 0.1) is 5.92 Å². The Balaban J connectivity index is 3.96. The van der Waals surface area contributed by atoms with Gasteiger partial charge in [0.25, 0.3) is 0 Å². The van der Waals surface area contributed by atoms with E-state index < -0.39 is 0 Å². The maximum atomic E-state index is 9.28. The largest absolute Gasteiger partial charge is 0.394 e. The summed E-state index contributed by atoms with van der Waals surface area (Å²) in [5.74, 6) is 0.708. The van der Waals surface area contributed by atoms with Crippen LogP contribution < -0.4 is 5.32 Å². The van der Waals surface area contributed by atoms with Crippen LogP contribution in [0.1, 0.15) is 47.5 Å². The molecule has 0 aliphatic rings. The number of hydrogen-bond acceptors (Lipinski definition) is 2. The first kappa shape index (κ1) is 12.9. The fraction of sp³-hybridized carbons (Fsp3) is 1.00. The molecule has 0 amide bonds. The Kier molecular flexibility index (Phi) is 5.57. The van der Waals surface area contributed by atoms with Gasteiger partial charge in [0.1, 0.15) is 0 Å². The van der Waals surface area contributed by atoms with Crippen LogP contribution in [0.15, 0.2) is 0 Å². The summed E-state index contributed by atoms with van der Waals surface area (Å²) in [6.45, 7) is 11.0. The molecule has 0 rings (SSSR count). The molecule has 80 valence electrons. The molecule has 2 N–H and O–H groups in total. The summed E-state index contributed by atoms with van der Waals surface area (Å²) in [6, 6.07) is 0.435. The van der Waals surface area contributed by atoms with Crippen molar-refractivity contribution >= 4 is 0 Å². The lowest BCUT2D eigenvalue weighted by Gasteiger charge is -2.31. The first-order valence-electron chi connectivity index (χ1n) is 5.28. The van der Waals surface area contributed by atoms with E-state index in [9.17, 15) is 5.11 Å². The normalized spacial score (nSPS) is 16.6. The van der Waals surface area contributed by atoms with Gasteiger partial charge in [-0.05, 0) is 25.7 Å². The van der Waals surface area contributed by atoms with Crippen LogP contribution in [-0.2, 0) is 0 Å². The Hall–Kier alpha value is -0.0800. The predicted molar refractivity (Wildman–Crippen MR) is 57.8 cm³/mol. The smallest absolute Gasteiger partial charge is 0.0610 e. The second-order valence-electron chi connectivity index (χ2n) is 4.95. The number of nitrogens with one attached hydrogen (secondary N) is 1. The number of rotatable bonds is 6. The molecule has 0 saturated heterocycles. The van der Waals surface area contributed by atoms with E-state index in [1.807, 2.05) is 0 Å². The second-order valence-corrected chi connectivity index (χ2v) is 4.95. The van der Waals surface area contributed by atoms with E-state index in [0.29, 0.717) is 12.0 Å². The third kappa shape index (κ3) is 6.05. The van der Waals surface area contributed by atoms with Gasteiger partial charge in [0, 0.05) is 11.6 Å². The Morgan fingerprint density at radius 1 is 1.23 bits per heavy atom. The van der Waals surface area contributed by atoms with Gasteiger partial charge in [0.05, 0.1) is 6.61 Å². The second kappa shape index (κ2) is 5.61. The summed E-state index contributed by atoms with van der Waals surface area (Å²) in [7, 11) is 0. The molecule has 1 unspecified atom stereocenters. The zero-order valence-corrected chi connectivity index (χ0v) is 9.72. The van der Waals surface area contributed by atoms with Crippen molar-refractivity contribution in [1.29, 1.82) is 0 Å². The molecule has 0 saturated carbocycles. The van der Waals surface area contributed by atoms with E-state index in [-0.39, 0.29) is 12.1 Å². The lowest BCUT2D eigenvalue weighted by atomic mass is 9.92. The van der Waals surface area contributed by atoms with Gasteiger partial charge in [0.2, 0.25) is 0 Å². The minimum Gasteiger partial charge on any atom is -0.394 e. The van der Waals surface area contributed by atoms with Crippen LogP contribution in [0.3, 0.4) is 0 Å². The van der Waals surface area contributed by atoms with E-state index in [1.165, 1.54) is 0 Å². The summed E-state index contributed by atoms with van der Waals surface area (Å²) < 4.78 is 0. The molecule has 2 nitrogen and oxygen atoms in total. The lowest BCUT2D eigenvalue weighted by Crippen LogP contribution is -2.49. The molecule has 0 aromatic rings.